The van der Waals surface area contributed by atoms with Crippen molar-refractivity contribution in [3.05, 3.63) is 54.7 Å². The standard InChI is InChI=1S/C23H24N10/c1-15-11-24-21-6-4-19(30-33(15)21)17-13-26-22-18(17)14-27-23(29-22)28-16-3-5-20(25-12-16)32-9-7-31(2)8-10-32/h3-6,11-14H,7-10H2,1-2H3,(H2,26,27,28,29). The van der Waals surface area contributed by atoms with E-state index in [4.69, 9.17) is 5.10 Å². The van der Waals surface area contributed by atoms with Crippen LogP contribution in [0.4, 0.5) is 17.5 Å². The first-order valence-electron chi connectivity index (χ1n) is 11.0. The zero-order valence-corrected chi connectivity index (χ0v) is 18.5. The fourth-order valence-electron chi connectivity index (χ4n) is 4.12. The number of aryl methyl sites for hydroxylation is 1. The molecule has 1 fully saturated rings. The van der Waals surface area contributed by atoms with Crippen molar-refractivity contribution >= 4 is 34.1 Å². The van der Waals surface area contributed by atoms with Gasteiger partial charge in [-0.05, 0) is 38.2 Å². The van der Waals surface area contributed by atoms with Crippen molar-refractivity contribution in [2.24, 2.45) is 0 Å². The van der Waals surface area contributed by atoms with Crippen LogP contribution in [0.3, 0.4) is 0 Å². The number of aromatic nitrogens is 7. The number of nitrogens with zero attached hydrogens (tertiary/aromatic N) is 8. The van der Waals surface area contributed by atoms with E-state index in [1.165, 1.54) is 0 Å². The Morgan fingerprint density at radius 1 is 0.939 bits per heavy atom. The van der Waals surface area contributed by atoms with Gasteiger partial charge < -0.3 is 20.1 Å². The van der Waals surface area contributed by atoms with Gasteiger partial charge in [0.1, 0.15) is 11.5 Å². The number of piperazine rings is 1. The van der Waals surface area contributed by atoms with Crippen molar-refractivity contribution in [3.63, 3.8) is 0 Å². The van der Waals surface area contributed by atoms with E-state index in [0.717, 1.165) is 71.3 Å². The van der Waals surface area contributed by atoms with E-state index in [0.29, 0.717) is 5.95 Å². The van der Waals surface area contributed by atoms with Crippen LogP contribution in [0.15, 0.2) is 49.1 Å². The molecule has 0 aliphatic carbocycles. The van der Waals surface area contributed by atoms with Gasteiger partial charge in [-0.25, -0.2) is 19.5 Å². The Hall–Kier alpha value is -4.05. The van der Waals surface area contributed by atoms with Gasteiger partial charge in [-0.1, -0.05) is 0 Å². The molecule has 5 aromatic heterocycles. The third-order valence-corrected chi connectivity index (χ3v) is 6.07. The summed E-state index contributed by atoms with van der Waals surface area (Å²) in [7, 11) is 2.15. The largest absolute Gasteiger partial charge is 0.354 e. The summed E-state index contributed by atoms with van der Waals surface area (Å²) < 4.78 is 1.84. The summed E-state index contributed by atoms with van der Waals surface area (Å²) in [6, 6.07) is 7.98. The van der Waals surface area contributed by atoms with Gasteiger partial charge in [-0.3, -0.25) is 0 Å². The van der Waals surface area contributed by atoms with E-state index >= 15 is 0 Å². The number of imidazole rings is 1. The highest BCUT2D eigenvalue weighted by Gasteiger charge is 2.15. The van der Waals surface area contributed by atoms with E-state index in [1.807, 2.05) is 60.5 Å². The fourth-order valence-corrected chi connectivity index (χ4v) is 4.12. The van der Waals surface area contributed by atoms with Crippen molar-refractivity contribution in [3.8, 4) is 11.3 Å². The SMILES string of the molecule is Cc1cnc2ccc(-c3c[nH]c4nc(Nc5ccc(N6CCN(C)CC6)nc5)ncc34)nn12. The molecule has 6 rings (SSSR count). The molecule has 0 unspecified atom stereocenters. The number of pyridine rings is 1. The Balaban J connectivity index is 1.22. The Morgan fingerprint density at radius 3 is 2.64 bits per heavy atom. The monoisotopic (exact) mass is 440 g/mol. The first-order chi connectivity index (χ1) is 16.1. The molecule has 10 heteroatoms. The molecule has 0 bridgehead atoms. The third kappa shape index (κ3) is 3.64. The van der Waals surface area contributed by atoms with Gasteiger partial charge in [0.25, 0.3) is 0 Å². The maximum absolute atomic E-state index is 4.72. The molecule has 0 saturated carbocycles. The molecule has 1 saturated heterocycles. The zero-order valence-electron chi connectivity index (χ0n) is 18.5. The van der Waals surface area contributed by atoms with E-state index in [2.05, 4.69) is 47.1 Å². The zero-order chi connectivity index (χ0) is 22.4. The topological polar surface area (TPSA) is 103 Å². The van der Waals surface area contributed by atoms with Gasteiger partial charge >= 0.3 is 0 Å². The molecule has 33 heavy (non-hydrogen) atoms. The molecule has 1 aliphatic rings. The molecule has 0 amide bonds. The molecule has 2 N–H and O–H groups in total. The Kier molecular flexibility index (Phi) is 4.65. The summed E-state index contributed by atoms with van der Waals surface area (Å²) in [6.45, 7) is 6.08. The summed E-state index contributed by atoms with van der Waals surface area (Å²) in [5.41, 5.74) is 5.19. The predicted octanol–water partition coefficient (Wildman–Crippen LogP) is 2.87. The molecule has 5 aromatic rings. The Labute approximate surface area is 190 Å². The average Bonchev–Trinajstić information content (AvgIpc) is 3.43. The molecular formula is C23H24N10. The first-order valence-corrected chi connectivity index (χ1v) is 11.0. The van der Waals surface area contributed by atoms with Crippen molar-refractivity contribution in [2.45, 2.75) is 6.92 Å². The van der Waals surface area contributed by atoms with Crippen molar-refractivity contribution in [2.75, 3.05) is 43.4 Å². The van der Waals surface area contributed by atoms with Gasteiger partial charge in [0.05, 0.1) is 29.5 Å². The van der Waals surface area contributed by atoms with Crippen LogP contribution in [0.5, 0.6) is 0 Å². The van der Waals surface area contributed by atoms with Crippen molar-refractivity contribution in [1.82, 2.24) is 39.4 Å². The van der Waals surface area contributed by atoms with Gasteiger partial charge in [0.15, 0.2) is 5.65 Å². The number of nitrogens with one attached hydrogen (secondary N) is 2. The minimum atomic E-state index is 0.513. The Bertz CT molecular complexity index is 1430. The van der Waals surface area contributed by atoms with Crippen molar-refractivity contribution < 1.29 is 0 Å². The maximum atomic E-state index is 4.72. The van der Waals surface area contributed by atoms with E-state index in [-0.39, 0.29) is 0 Å². The second-order valence-electron chi connectivity index (χ2n) is 8.37. The third-order valence-electron chi connectivity index (χ3n) is 6.07. The summed E-state index contributed by atoms with van der Waals surface area (Å²) >= 11 is 0. The van der Waals surface area contributed by atoms with Crippen LogP contribution in [0, 0.1) is 6.92 Å². The Morgan fingerprint density at radius 2 is 1.82 bits per heavy atom. The predicted molar refractivity (Wildman–Crippen MR) is 128 cm³/mol. The summed E-state index contributed by atoms with van der Waals surface area (Å²) in [5, 5.41) is 8.88. The molecule has 0 radical (unpaired) electrons. The molecule has 6 heterocycles. The van der Waals surface area contributed by atoms with E-state index in [9.17, 15) is 0 Å². The van der Waals surface area contributed by atoms with Gasteiger partial charge in [0, 0.05) is 49.5 Å². The number of anilines is 3. The lowest BCUT2D eigenvalue weighted by Gasteiger charge is -2.33. The summed E-state index contributed by atoms with van der Waals surface area (Å²) in [6.07, 6.45) is 7.37. The number of rotatable bonds is 4. The quantitative estimate of drug-likeness (QED) is 0.440. The smallest absolute Gasteiger partial charge is 0.229 e. The van der Waals surface area contributed by atoms with Gasteiger partial charge in [-0.2, -0.15) is 10.1 Å². The molecule has 0 atom stereocenters. The number of hydrogen-bond donors (Lipinski definition) is 2. The van der Waals surface area contributed by atoms with Crippen LogP contribution in [-0.4, -0.2) is 72.7 Å². The van der Waals surface area contributed by atoms with Crippen molar-refractivity contribution in [1.29, 1.82) is 0 Å². The van der Waals surface area contributed by atoms with Crippen LogP contribution in [-0.2, 0) is 0 Å². The molecule has 1 aliphatic heterocycles. The van der Waals surface area contributed by atoms with Gasteiger partial charge in [0.2, 0.25) is 5.95 Å². The second-order valence-corrected chi connectivity index (χ2v) is 8.37. The van der Waals surface area contributed by atoms with E-state index < -0.39 is 0 Å². The lowest BCUT2D eigenvalue weighted by Crippen LogP contribution is -2.44. The molecule has 0 spiro atoms. The van der Waals surface area contributed by atoms with Crippen LogP contribution in [0.1, 0.15) is 5.69 Å². The van der Waals surface area contributed by atoms with Gasteiger partial charge in [-0.15, -0.1) is 0 Å². The molecule has 0 aromatic carbocycles. The number of H-pyrrole nitrogens is 1. The molecular weight excluding hydrogens is 416 g/mol. The first kappa shape index (κ1) is 19.6. The number of fused-ring (bicyclic) bond motifs is 2. The van der Waals surface area contributed by atoms with Crippen LogP contribution < -0.4 is 10.2 Å². The lowest BCUT2D eigenvalue weighted by molar-refractivity contribution is 0.312. The number of hydrogen-bond acceptors (Lipinski definition) is 8. The minimum Gasteiger partial charge on any atom is -0.354 e. The molecule has 166 valence electrons. The minimum absolute atomic E-state index is 0.513. The number of aromatic amines is 1. The fraction of sp³-hybridized carbons (Fsp3) is 0.261. The highest BCUT2D eigenvalue weighted by molar-refractivity contribution is 5.92. The summed E-state index contributed by atoms with van der Waals surface area (Å²) in [4.78, 5) is 26.0. The van der Waals surface area contributed by atoms with Crippen LogP contribution in [0.2, 0.25) is 0 Å². The number of likely N-dealkylation sites (N-methyl/N-ethyl adjacent to an activating group) is 1. The van der Waals surface area contributed by atoms with Crippen LogP contribution >= 0.6 is 0 Å². The van der Waals surface area contributed by atoms with E-state index in [1.54, 1.807) is 0 Å². The molecule has 10 nitrogen and oxygen atoms in total. The highest BCUT2D eigenvalue weighted by atomic mass is 15.3. The maximum Gasteiger partial charge on any atom is 0.229 e. The lowest BCUT2D eigenvalue weighted by atomic mass is 10.2. The second kappa shape index (κ2) is 7.82. The van der Waals surface area contributed by atoms with Crippen LogP contribution in [0.25, 0.3) is 27.9 Å². The highest BCUT2D eigenvalue weighted by Crippen LogP contribution is 2.27. The summed E-state index contributed by atoms with van der Waals surface area (Å²) in [5.74, 6) is 1.51. The normalized spacial score (nSPS) is 14.9. The average molecular weight is 441 g/mol.